The third-order valence-electron chi connectivity index (χ3n) is 3.71. The van der Waals surface area contributed by atoms with Gasteiger partial charge in [-0.1, -0.05) is 29.8 Å². The first-order valence-corrected chi connectivity index (χ1v) is 7.27. The van der Waals surface area contributed by atoms with Gasteiger partial charge in [0.1, 0.15) is 5.54 Å². The van der Waals surface area contributed by atoms with Crippen molar-refractivity contribution < 1.29 is 19.4 Å². The van der Waals surface area contributed by atoms with Crippen molar-refractivity contribution in [2.75, 3.05) is 13.2 Å². The maximum absolute atomic E-state index is 12.0. The average molecular weight is 312 g/mol. The first-order valence-electron chi connectivity index (χ1n) is 6.89. The molecule has 0 radical (unpaired) electrons. The topological polar surface area (TPSA) is 75.6 Å². The predicted molar refractivity (Wildman–Crippen MR) is 78.3 cm³/mol. The largest absolute Gasteiger partial charge is 0.480 e. The van der Waals surface area contributed by atoms with E-state index in [9.17, 15) is 14.7 Å². The van der Waals surface area contributed by atoms with Gasteiger partial charge >= 0.3 is 5.97 Å². The molecule has 114 valence electrons. The van der Waals surface area contributed by atoms with Crippen molar-refractivity contribution in [3.8, 4) is 0 Å². The molecule has 1 aromatic rings. The molecule has 1 amide bonds. The summed E-state index contributed by atoms with van der Waals surface area (Å²) < 4.78 is 5.17. The normalized spacial score (nSPS) is 17.2. The summed E-state index contributed by atoms with van der Waals surface area (Å²) in [5.74, 6) is -1.28. The van der Waals surface area contributed by atoms with Crippen molar-refractivity contribution in [3.63, 3.8) is 0 Å². The maximum Gasteiger partial charge on any atom is 0.329 e. The molecular weight excluding hydrogens is 294 g/mol. The van der Waals surface area contributed by atoms with Gasteiger partial charge in [0, 0.05) is 37.5 Å². The van der Waals surface area contributed by atoms with E-state index in [1.165, 1.54) is 0 Å². The number of hydrogen-bond acceptors (Lipinski definition) is 3. The summed E-state index contributed by atoms with van der Waals surface area (Å²) in [5, 5.41) is 12.7. The molecule has 0 bridgehead atoms. The SMILES string of the molecule is O=C(CCc1ccccc1Cl)NC1(C(=O)O)CCOCC1. The van der Waals surface area contributed by atoms with Crippen molar-refractivity contribution in [2.24, 2.45) is 0 Å². The number of carboxylic acids is 1. The van der Waals surface area contributed by atoms with Crippen LogP contribution >= 0.6 is 11.6 Å². The van der Waals surface area contributed by atoms with Gasteiger partial charge in [-0.05, 0) is 18.1 Å². The lowest BCUT2D eigenvalue weighted by Crippen LogP contribution is -2.57. The number of carbonyl (C=O) groups is 2. The number of ether oxygens (including phenoxy) is 1. The highest BCUT2D eigenvalue weighted by molar-refractivity contribution is 6.31. The molecule has 0 atom stereocenters. The number of aryl methyl sites for hydroxylation is 1. The van der Waals surface area contributed by atoms with E-state index in [-0.39, 0.29) is 12.3 Å². The predicted octanol–water partition coefficient (Wildman–Crippen LogP) is 2.02. The van der Waals surface area contributed by atoms with Crippen LogP contribution < -0.4 is 5.32 Å². The van der Waals surface area contributed by atoms with Gasteiger partial charge in [0.25, 0.3) is 0 Å². The van der Waals surface area contributed by atoms with Gasteiger partial charge in [0.15, 0.2) is 0 Å². The summed E-state index contributed by atoms with van der Waals surface area (Å²) in [6.07, 6.45) is 1.28. The van der Waals surface area contributed by atoms with Crippen molar-refractivity contribution in [1.29, 1.82) is 0 Å². The number of carbonyl (C=O) groups excluding carboxylic acids is 1. The Bertz CT molecular complexity index is 526. The van der Waals surface area contributed by atoms with Crippen LogP contribution in [0.5, 0.6) is 0 Å². The van der Waals surface area contributed by atoms with Crippen molar-refractivity contribution >= 4 is 23.5 Å². The number of carboxylic acid groups (broad SMARTS) is 1. The quantitative estimate of drug-likeness (QED) is 0.872. The lowest BCUT2D eigenvalue weighted by molar-refractivity contribution is -0.152. The summed E-state index contributed by atoms with van der Waals surface area (Å²) in [7, 11) is 0. The van der Waals surface area contributed by atoms with Gasteiger partial charge in [0.2, 0.25) is 5.91 Å². The van der Waals surface area contributed by atoms with E-state index < -0.39 is 11.5 Å². The number of hydrogen-bond donors (Lipinski definition) is 2. The van der Waals surface area contributed by atoms with E-state index in [4.69, 9.17) is 16.3 Å². The highest BCUT2D eigenvalue weighted by Gasteiger charge is 2.41. The molecule has 0 aromatic heterocycles. The summed E-state index contributed by atoms with van der Waals surface area (Å²) >= 11 is 6.04. The second kappa shape index (κ2) is 6.91. The van der Waals surface area contributed by atoms with Crippen molar-refractivity contribution in [1.82, 2.24) is 5.32 Å². The minimum absolute atomic E-state index is 0.208. The van der Waals surface area contributed by atoms with Crippen LogP contribution in [-0.4, -0.2) is 35.7 Å². The molecular formula is C15H18ClNO4. The highest BCUT2D eigenvalue weighted by atomic mass is 35.5. The molecule has 0 aliphatic carbocycles. The van der Waals surface area contributed by atoms with Crippen LogP contribution in [0, 0.1) is 0 Å². The molecule has 0 saturated carbocycles. The standard InChI is InChI=1S/C15H18ClNO4/c16-12-4-2-1-3-11(12)5-6-13(18)17-15(14(19)20)7-9-21-10-8-15/h1-4H,5-10H2,(H,17,18)(H,19,20). The zero-order chi connectivity index (χ0) is 15.3. The summed E-state index contributed by atoms with van der Waals surface area (Å²) in [5.41, 5.74) is -0.318. The van der Waals surface area contributed by atoms with Crippen molar-refractivity contribution in [2.45, 2.75) is 31.2 Å². The molecule has 0 spiro atoms. The molecule has 1 fully saturated rings. The number of nitrogens with one attached hydrogen (secondary N) is 1. The molecule has 1 aromatic carbocycles. The molecule has 2 N–H and O–H groups in total. The van der Waals surface area contributed by atoms with E-state index >= 15 is 0 Å². The first-order chi connectivity index (χ1) is 10.0. The second-order valence-corrected chi connectivity index (χ2v) is 5.55. The lowest BCUT2D eigenvalue weighted by atomic mass is 9.90. The van der Waals surface area contributed by atoms with E-state index in [2.05, 4.69) is 5.32 Å². The summed E-state index contributed by atoms with van der Waals surface area (Å²) in [6, 6.07) is 7.31. The Hall–Kier alpha value is -1.59. The number of benzene rings is 1. The van der Waals surface area contributed by atoms with Gasteiger partial charge in [-0.3, -0.25) is 4.79 Å². The Morgan fingerprint density at radius 2 is 1.95 bits per heavy atom. The van der Waals surface area contributed by atoms with Crippen LogP contribution in [0.4, 0.5) is 0 Å². The van der Waals surface area contributed by atoms with Crippen LogP contribution in [0.1, 0.15) is 24.8 Å². The van der Waals surface area contributed by atoms with Gasteiger partial charge in [0.05, 0.1) is 0 Å². The van der Waals surface area contributed by atoms with E-state index in [1.54, 1.807) is 6.07 Å². The van der Waals surface area contributed by atoms with Crippen molar-refractivity contribution in [3.05, 3.63) is 34.9 Å². The molecule has 0 unspecified atom stereocenters. The fourth-order valence-electron chi connectivity index (χ4n) is 2.39. The minimum Gasteiger partial charge on any atom is -0.480 e. The minimum atomic E-state index is -1.20. The Kier molecular flexibility index (Phi) is 5.20. The smallest absolute Gasteiger partial charge is 0.329 e. The number of aliphatic carboxylic acids is 1. The van der Waals surface area contributed by atoms with Crippen LogP contribution in [0.3, 0.4) is 0 Å². The molecule has 1 saturated heterocycles. The summed E-state index contributed by atoms with van der Waals surface area (Å²) in [6.45, 7) is 0.689. The lowest BCUT2D eigenvalue weighted by Gasteiger charge is -2.33. The van der Waals surface area contributed by atoms with Gasteiger partial charge < -0.3 is 15.2 Å². The molecule has 2 rings (SSSR count). The molecule has 21 heavy (non-hydrogen) atoms. The highest BCUT2D eigenvalue weighted by Crippen LogP contribution is 2.22. The fourth-order valence-corrected chi connectivity index (χ4v) is 2.62. The Balaban J connectivity index is 1.94. The maximum atomic E-state index is 12.0. The van der Waals surface area contributed by atoms with Gasteiger partial charge in [-0.2, -0.15) is 0 Å². The summed E-state index contributed by atoms with van der Waals surface area (Å²) in [4.78, 5) is 23.5. The third kappa shape index (κ3) is 3.95. The number of halogens is 1. The van der Waals surface area contributed by atoms with Gasteiger partial charge in [-0.25, -0.2) is 4.79 Å². The van der Waals surface area contributed by atoms with E-state index in [1.807, 2.05) is 18.2 Å². The Morgan fingerprint density at radius 3 is 2.57 bits per heavy atom. The van der Waals surface area contributed by atoms with Crippen LogP contribution in [-0.2, 0) is 20.7 Å². The molecule has 1 aliphatic heterocycles. The van der Waals surface area contributed by atoms with Crippen LogP contribution in [0.15, 0.2) is 24.3 Å². The molecule has 1 heterocycles. The molecule has 1 aliphatic rings. The van der Waals surface area contributed by atoms with E-state index in [0.29, 0.717) is 37.5 Å². The fraction of sp³-hybridized carbons (Fsp3) is 0.467. The average Bonchev–Trinajstić information content (AvgIpc) is 2.47. The third-order valence-corrected chi connectivity index (χ3v) is 4.08. The van der Waals surface area contributed by atoms with Crippen LogP contribution in [0.2, 0.25) is 5.02 Å². The van der Waals surface area contributed by atoms with E-state index in [0.717, 1.165) is 5.56 Å². The molecule has 6 heteroatoms. The van der Waals surface area contributed by atoms with Crippen LogP contribution in [0.25, 0.3) is 0 Å². The Labute approximate surface area is 128 Å². The second-order valence-electron chi connectivity index (χ2n) is 5.14. The zero-order valence-electron chi connectivity index (χ0n) is 11.6. The first kappa shape index (κ1) is 15.8. The zero-order valence-corrected chi connectivity index (χ0v) is 12.4. The number of amides is 1. The van der Waals surface area contributed by atoms with Gasteiger partial charge in [-0.15, -0.1) is 0 Å². The Morgan fingerprint density at radius 1 is 1.29 bits per heavy atom. The number of rotatable bonds is 5. The molecule has 5 nitrogen and oxygen atoms in total. The monoisotopic (exact) mass is 311 g/mol.